The molecule has 1 heterocycles. The van der Waals surface area contributed by atoms with Gasteiger partial charge in [0.2, 0.25) is 0 Å². The molecule has 1 unspecified atom stereocenters. The smallest absolute Gasteiger partial charge is 0.124 e. The first-order valence-electron chi connectivity index (χ1n) is 3.92. The van der Waals surface area contributed by atoms with Crippen LogP contribution in [0.1, 0.15) is 33.6 Å². The standard InChI is InChI=1S/C8H16NO/c1-8(2,3)10-7-5-4-6-9-7/h7H,4-6H2,1-3H3. The zero-order valence-electron chi connectivity index (χ0n) is 7.05. The highest BCUT2D eigenvalue weighted by Crippen LogP contribution is 2.16. The van der Waals surface area contributed by atoms with Crippen LogP contribution < -0.4 is 5.32 Å². The maximum absolute atomic E-state index is 5.63. The largest absolute Gasteiger partial charge is 0.356 e. The maximum Gasteiger partial charge on any atom is 0.124 e. The SMILES string of the molecule is CC(C)(C)OC1CCC[N]1. The maximum atomic E-state index is 5.63. The van der Waals surface area contributed by atoms with E-state index in [1.807, 2.05) is 0 Å². The van der Waals surface area contributed by atoms with Crippen molar-refractivity contribution in [2.45, 2.75) is 45.4 Å². The molecular weight excluding hydrogens is 126 g/mol. The van der Waals surface area contributed by atoms with E-state index in [0.29, 0.717) is 0 Å². The Labute approximate surface area is 63.0 Å². The van der Waals surface area contributed by atoms with E-state index >= 15 is 0 Å². The quantitative estimate of drug-likeness (QED) is 0.544. The lowest BCUT2D eigenvalue weighted by Crippen LogP contribution is -2.30. The predicted octanol–water partition coefficient (Wildman–Crippen LogP) is 1.53. The molecule has 59 valence electrons. The first kappa shape index (κ1) is 8.02. The Balaban J connectivity index is 2.24. The third kappa shape index (κ3) is 2.67. The Kier molecular flexibility index (Phi) is 2.32. The summed E-state index contributed by atoms with van der Waals surface area (Å²) >= 11 is 0. The summed E-state index contributed by atoms with van der Waals surface area (Å²) in [6, 6.07) is 0. The fourth-order valence-corrected chi connectivity index (χ4v) is 1.10. The summed E-state index contributed by atoms with van der Waals surface area (Å²) in [5.41, 5.74) is -0.0293. The van der Waals surface area contributed by atoms with E-state index in [2.05, 4.69) is 26.1 Å². The summed E-state index contributed by atoms with van der Waals surface area (Å²) in [6.07, 6.45) is 2.48. The van der Waals surface area contributed by atoms with Gasteiger partial charge in [0, 0.05) is 6.54 Å². The fraction of sp³-hybridized carbons (Fsp3) is 1.00. The van der Waals surface area contributed by atoms with Crippen LogP contribution in [0.2, 0.25) is 0 Å². The van der Waals surface area contributed by atoms with Crippen LogP contribution in [0.4, 0.5) is 0 Å². The van der Waals surface area contributed by atoms with Crippen LogP contribution in [-0.2, 0) is 4.74 Å². The Morgan fingerprint density at radius 2 is 2.10 bits per heavy atom. The molecule has 0 aromatic carbocycles. The molecule has 2 nitrogen and oxygen atoms in total. The summed E-state index contributed by atoms with van der Waals surface area (Å²) in [6.45, 7) is 7.20. The third-order valence-electron chi connectivity index (χ3n) is 1.43. The molecule has 0 bridgehead atoms. The van der Waals surface area contributed by atoms with Crippen molar-refractivity contribution < 1.29 is 4.74 Å². The first-order valence-corrected chi connectivity index (χ1v) is 3.92. The monoisotopic (exact) mass is 142 g/mol. The van der Waals surface area contributed by atoms with Crippen LogP contribution in [0.3, 0.4) is 0 Å². The van der Waals surface area contributed by atoms with Crippen LogP contribution in [-0.4, -0.2) is 18.4 Å². The van der Waals surface area contributed by atoms with Gasteiger partial charge < -0.3 is 4.74 Å². The van der Waals surface area contributed by atoms with Gasteiger partial charge in [-0.1, -0.05) is 0 Å². The Bertz CT molecular complexity index is 100. The van der Waals surface area contributed by atoms with E-state index in [1.165, 1.54) is 6.42 Å². The van der Waals surface area contributed by atoms with E-state index in [4.69, 9.17) is 4.74 Å². The molecule has 1 atom stereocenters. The number of hydrogen-bond acceptors (Lipinski definition) is 1. The van der Waals surface area contributed by atoms with Gasteiger partial charge in [-0.05, 0) is 33.6 Å². The van der Waals surface area contributed by atoms with Crippen LogP contribution in [0, 0.1) is 0 Å². The molecule has 0 aromatic heterocycles. The molecule has 1 aliphatic rings. The second-order valence-corrected chi connectivity index (χ2v) is 3.73. The van der Waals surface area contributed by atoms with Crippen molar-refractivity contribution in [3.63, 3.8) is 0 Å². The first-order chi connectivity index (χ1) is 4.58. The van der Waals surface area contributed by atoms with Crippen molar-refractivity contribution in [2.75, 3.05) is 6.54 Å². The minimum atomic E-state index is -0.0293. The van der Waals surface area contributed by atoms with Gasteiger partial charge in [0.25, 0.3) is 0 Å². The van der Waals surface area contributed by atoms with Crippen LogP contribution >= 0.6 is 0 Å². The highest BCUT2D eigenvalue weighted by atomic mass is 16.5. The van der Waals surface area contributed by atoms with Crippen LogP contribution in [0.25, 0.3) is 0 Å². The third-order valence-corrected chi connectivity index (χ3v) is 1.43. The molecule has 0 amide bonds. The second-order valence-electron chi connectivity index (χ2n) is 3.73. The predicted molar refractivity (Wildman–Crippen MR) is 40.9 cm³/mol. The minimum absolute atomic E-state index is 0.0293. The number of ether oxygens (including phenoxy) is 1. The second kappa shape index (κ2) is 2.89. The van der Waals surface area contributed by atoms with Crippen molar-refractivity contribution >= 4 is 0 Å². The molecule has 1 fully saturated rings. The Morgan fingerprint density at radius 1 is 1.40 bits per heavy atom. The molecule has 1 aliphatic heterocycles. The molecular formula is C8H16NO. The Morgan fingerprint density at radius 3 is 2.50 bits per heavy atom. The molecule has 0 saturated carbocycles. The van der Waals surface area contributed by atoms with Gasteiger partial charge in [-0.25, -0.2) is 5.32 Å². The zero-order chi connectivity index (χ0) is 7.61. The molecule has 1 rings (SSSR count). The number of nitrogens with zero attached hydrogens (tertiary/aromatic N) is 1. The average molecular weight is 142 g/mol. The van der Waals surface area contributed by atoms with Crippen molar-refractivity contribution in [2.24, 2.45) is 0 Å². The summed E-state index contributed by atoms with van der Waals surface area (Å²) in [5.74, 6) is 0. The lowest BCUT2D eigenvalue weighted by molar-refractivity contribution is -0.0672. The Hall–Kier alpha value is -0.0800. The van der Waals surface area contributed by atoms with Gasteiger partial charge in [0.15, 0.2) is 0 Å². The summed E-state index contributed by atoms with van der Waals surface area (Å²) in [4.78, 5) is 0. The topological polar surface area (TPSA) is 23.3 Å². The highest BCUT2D eigenvalue weighted by molar-refractivity contribution is 4.69. The van der Waals surface area contributed by atoms with Gasteiger partial charge in [-0.15, -0.1) is 0 Å². The van der Waals surface area contributed by atoms with E-state index in [1.54, 1.807) is 0 Å². The van der Waals surface area contributed by atoms with Crippen molar-refractivity contribution in [1.29, 1.82) is 0 Å². The van der Waals surface area contributed by atoms with Crippen LogP contribution in [0.15, 0.2) is 0 Å². The zero-order valence-corrected chi connectivity index (χ0v) is 7.05. The minimum Gasteiger partial charge on any atom is -0.356 e. The van der Waals surface area contributed by atoms with E-state index in [9.17, 15) is 0 Å². The molecule has 1 radical (unpaired) electrons. The highest BCUT2D eigenvalue weighted by Gasteiger charge is 2.22. The van der Waals surface area contributed by atoms with Crippen molar-refractivity contribution in [3.8, 4) is 0 Å². The number of rotatable bonds is 1. The molecule has 0 spiro atoms. The van der Waals surface area contributed by atoms with Crippen molar-refractivity contribution in [3.05, 3.63) is 0 Å². The van der Waals surface area contributed by atoms with Gasteiger partial charge in [0.05, 0.1) is 5.60 Å². The normalized spacial score (nSPS) is 27.3. The fourth-order valence-electron chi connectivity index (χ4n) is 1.10. The summed E-state index contributed by atoms with van der Waals surface area (Å²) < 4.78 is 5.63. The molecule has 0 N–H and O–H groups in total. The molecule has 0 aromatic rings. The lowest BCUT2D eigenvalue weighted by Gasteiger charge is -2.23. The molecule has 2 heteroatoms. The summed E-state index contributed by atoms with van der Waals surface area (Å²) in [5, 5.41) is 4.30. The average Bonchev–Trinajstić information content (AvgIpc) is 2.12. The number of hydrogen-bond donors (Lipinski definition) is 0. The van der Waals surface area contributed by atoms with Crippen LogP contribution in [0.5, 0.6) is 0 Å². The molecule has 0 aliphatic carbocycles. The molecule has 10 heavy (non-hydrogen) atoms. The van der Waals surface area contributed by atoms with Gasteiger partial charge >= 0.3 is 0 Å². The summed E-state index contributed by atoms with van der Waals surface area (Å²) in [7, 11) is 0. The lowest BCUT2D eigenvalue weighted by atomic mass is 10.2. The van der Waals surface area contributed by atoms with E-state index in [0.717, 1.165) is 13.0 Å². The van der Waals surface area contributed by atoms with E-state index < -0.39 is 0 Å². The van der Waals surface area contributed by atoms with Gasteiger partial charge in [-0.3, -0.25) is 0 Å². The van der Waals surface area contributed by atoms with Gasteiger partial charge in [-0.2, -0.15) is 0 Å². The van der Waals surface area contributed by atoms with Crippen molar-refractivity contribution in [1.82, 2.24) is 5.32 Å². The van der Waals surface area contributed by atoms with Gasteiger partial charge in [0.1, 0.15) is 6.23 Å². The molecule has 1 saturated heterocycles. The van der Waals surface area contributed by atoms with E-state index in [-0.39, 0.29) is 11.8 Å².